The standard InChI is InChI=1S/C15H20BrNO/c1-11-2-6-13(7-3-11)15(18)17-14-8-4-12(10-16)5-9-14/h2-3,6-7,12,14H,4-5,8-10H2,1H3,(H,17,18). The number of benzene rings is 1. The number of rotatable bonds is 3. The zero-order valence-corrected chi connectivity index (χ0v) is 12.4. The van der Waals surface area contributed by atoms with Gasteiger partial charge in [-0.15, -0.1) is 0 Å². The molecule has 0 unspecified atom stereocenters. The van der Waals surface area contributed by atoms with Crippen LogP contribution < -0.4 is 5.32 Å². The van der Waals surface area contributed by atoms with Crippen molar-refractivity contribution in [3.63, 3.8) is 0 Å². The van der Waals surface area contributed by atoms with E-state index in [2.05, 4.69) is 21.2 Å². The van der Waals surface area contributed by atoms with Crippen LogP contribution in [0, 0.1) is 12.8 Å². The lowest BCUT2D eigenvalue weighted by atomic mass is 9.87. The average molecular weight is 310 g/mol. The number of hydrogen-bond acceptors (Lipinski definition) is 1. The molecule has 1 saturated carbocycles. The van der Waals surface area contributed by atoms with E-state index in [1.54, 1.807) is 0 Å². The summed E-state index contributed by atoms with van der Waals surface area (Å²) in [6, 6.07) is 8.12. The van der Waals surface area contributed by atoms with Crippen LogP contribution in [0.1, 0.15) is 41.6 Å². The predicted molar refractivity (Wildman–Crippen MR) is 78.2 cm³/mol. The van der Waals surface area contributed by atoms with Crippen molar-refractivity contribution in [1.82, 2.24) is 5.32 Å². The summed E-state index contributed by atoms with van der Waals surface area (Å²) in [5.41, 5.74) is 1.95. The van der Waals surface area contributed by atoms with Crippen LogP contribution in [0.2, 0.25) is 0 Å². The minimum Gasteiger partial charge on any atom is -0.349 e. The fourth-order valence-corrected chi connectivity index (χ4v) is 3.08. The first-order valence-electron chi connectivity index (χ1n) is 6.62. The van der Waals surface area contributed by atoms with Crippen molar-refractivity contribution in [2.45, 2.75) is 38.6 Å². The van der Waals surface area contributed by atoms with Crippen molar-refractivity contribution >= 4 is 21.8 Å². The van der Waals surface area contributed by atoms with E-state index >= 15 is 0 Å². The molecule has 18 heavy (non-hydrogen) atoms. The number of carbonyl (C=O) groups excluding carboxylic acids is 1. The molecule has 98 valence electrons. The normalized spacial score (nSPS) is 23.7. The van der Waals surface area contributed by atoms with Crippen molar-refractivity contribution in [2.75, 3.05) is 5.33 Å². The van der Waals surface area contributed by atoms with Crippen molar-refractivity contribution in [3.05, 3.63) is 35.4 Å². The lowest BCUT2D eigenvalue weighted by Crippen LogP contribution is -2.37. The van der Waals surface area contributed by atoms with Crippen molar-refractivity contribution in [2.24, 2.45) is 5.92 Å². The third-order valence-electron chi connectivity index (χ3n) is 3.71. The van der Waals surface area contributed by atoms with E-state index in [1.165, 1.54) is 18.4 Å². The summed E-state index contributed by atoms with van der Waals surface area (Å²) in [6.45, 7) is 2.03. The van der Waals surface area contributed by atoms with Gasteiger partial charge in [-0.2, -0.15) is 0 Å². The minimum atomic E-state index is 0.0669. The molecule has 0 atom stereocenters. The highest BCUT2D eigenvalue weighted by Crippen LogP contribution is 2.25. The van der Waals surface area contributed by atoms with Crippen molar-refractivity contribution in [3.8, 4) is 0 Å². The van der Waals surface area contributed by atoms with Crippen LogP contribution in [0.4, 0.5) is 0 Å². The molecule has 1 aromatic carbocycles. The van der Waals surface area contributed by atoms with E-state index in [0.717, 1.165) is 29.7 Å². The van der Waals surface area contributed by atoms with E-state index < -0.39 is 0 Å². The van der Waals surface area contributed by atoms with Crippen LogP contribution in [0.25, 0.3) is 0 Å². The summed E-state index contributed by atoms with van der Waals surface area (Å²) < 4.78 is 0. The van der Waals surface area contributed by atoms with Crippen LogP contribution in [0.15, 0.2) is 24.3 Å². The Kier molecular flexibility index (Phi) is 4.81. The maximum atomic E-state index is 12.1. The van der Waals surface area contributed by atoms with Gasteiger partial charge < -0.3 is 5.32 Å². The molecule has 0 spiro atoms. The van der Waals surface area contributed by atoms with Gasteiger partial charge in [0.15, 0.2) is 0 Å². The van der Waals surface area contributed by atoms with E-state index in [-0.39, 0.29) is 5.91 Å². The molecule has 1 N–H and O–H groups in total. The summed E-state index contributed by atoms with van der Waals surface area (Å²) in [4.78, 5) is 12.1. The monoisotopic (exact) mass is 309 g/mol. The van der Waals surface area contributed by atoms with Gasteiger partial charge in [-0.1, -0.05) is 33.6 Å². The lowest BCUT2D eigenvalue weighted by Gasteiger charge is -2.28. The van der Waals surface area contributed by atoms with Gasteiger partial charge in [0.05, 0.1) is 0 Å². The Bertz CT molecular complexity index is 393. The molecule has 2 nitrogen and oxygen atoms in total. The number of carbonyl (C=O) groups is 1. The number of amides is 1. The Morgan fingerprint density at radius 3 is 2.39 bits per heavy atom. The molecule has 1 aromatic rings. The molecule has 3 heteroatoms. The lowest BCUT2D eigenvalue weighted by molar-refractivity contribution is 0.0923. The second-order valence-corrected chi connectivity index (χ2v) is 5.86. The molecule has 0 aromatic heterocycles. The minimum absolute atomic E-state index is 0.0669. The number of hydrogen-bond donors (Lipinski definition) is 1. The van der Waals surface area contributed by atoms with E-state index in [9.17, 15) is 4.79 Å². The summed E-state index contributed by atoms with van der Waals surface area (Å²) >= 11 is 3.54. The second-order valence-electron chi connectivity index (χ2n) is 5.21. The maximum Gasteiger partial charge on any atom is 0.251 e. The number of alkyl halides is 1. The molecule has 0 radical (unpaired) electrons. The van der Waals surface area contributed by atoms with Crippen LogP contribution in [0.5, 0.6) is 0 Å². The molecular weight excluding hydrogens is 290 g/mol. The molecule has 1 amide bonds. The summed E-state index contributed by atoms with van der Waals surface area (Å²) in [5, 5.41) is 4.23. The molecule has 0 bridgehead atoms. The summed E-state index contributed by atoms with van der Waals surface area (Å²) in [5.74, 6) is 0.856. The van der Waals surface area contributed by atoms with Gasteiger partial charge in [0.2, 0.25) is 0 Å². The van der Waals surface area contributed by atoms with Crippen LogP contribution in [-0.4, -0.2) is 17.3 Å². The topological polar surface area (TPSA) is 29.1 Å². The second kappa shape index (κ2) is 6.37. The molecule has 0 heterocycles. The third-order valence-corrected chi connectivity index (χ3v) is 4.63. The smallest absolute Gasteiger partial charge is 0.251 e. The van der Waals surface area contributed by atoms with Crippen LogP contribution >= 0.6 is 15.9 Å². The Morgan fingerprint density at radius 2 is 1.83 bits per heavy atom. The van der Waals surface area contributed by atoms with E-state index in [1.807, 2.05) is 31.2 Å². The molecule has 0 saturated heterocycles. The molecule has 1 aliphatic carbocycles. The van der Waals surface area contributed by atoms with Gasteiger partial charge in [-0.25, -0.2) is 0 Å². The number of aryl methyl sites for hydroxylation is 1. The van der Waals surface area contributed by atoms with Crippen molar-refractivity contribution < 1.29 is 4.79 Å². The van der Waals surface area contributed by atoms with Gasteiger partial charge in [0.25, 0.3) is 5.91 Å². The van der Waals surface area contributed by atoms with E-state index in [0.29, 0.717) is 6.04 Å². The van der Waals surface area contributed by atoms with Crippen LogP contribution in [-0.2, 0) is 0 Å². The molecular formula is C15H20BrNO. The van der Waals surface area contributed by atoms with Crippen molar-refractivity contribution in [1.29, 1.82) is 0 Å². The SMILES string of the molecule is Cc1ccc(C(=O)NC2CCC(CBr)CC2)cc1. The first-order chi connectivity index (χ1) is 8.69. The Hall–Kier alpha value is -0.830. The Labute approximate surface area is 117 Å². The zero-order chi connectivity index (χ0) is 13.0. The largest absolute Gasteiger partial charge is 0.349 e. The highest BCUT2D eigenvalue weighted by molar-refractivity contribution is 9.09. The predicted octanol–water partition coefficient (Wildman–Crippen LogP) is 3.68. The number of halogens is 1. The van der Waals surface area contributed by atoms with Gasteiger partial charge in [-0.3, -0.25) is 4.79 Å². The van der Waals surface area contributed by atoms with E-state index in [4.69, 9.17) is 0 Å². The summed E-state index contributed by atoms with van der Waals surface area (Å²) in [6.07, 6.45) is 4.63. The highest BCUT2D eigenvalue weighted by Gasteiger charge is 2.21. The highest BCUT2D eigenvalue weighted by atomic mass is 79.9. The Morgan fingerprint density at radius 1 is 1.22 bits per heavy atom. The quantitative estimate of drug-likeness (QED) is 0.848. The first kappa shape index (κ1) is 13.6. The van der Waals surface area contributed by atoms with Gasteiger partial charge >= 0.3 is 0 Å². The van der Waals surface area contributed by atoms with Gasteiger partial charge in [0.1, 0.15) is 0 Å². The first-order valence-corrected chi connectivity index (χ1v) is 7.74. The number of nitrogens with one attached hydrogen (secondary N) is 1. The molecule has 1 aliphatic rings. The summed E-state index contributed by atoms with van der Waals surface area (Å²) in [7, 11) is 0. The molecule has 2 rings (SSSR count). The molecule has 1 fully saturated rings. The zero-order valence-electron chi connectivity index (χ0n) is 10.8. The fourth-order valence-electron chi connectivity index (χ4n) is 2.43. The average Bonchev–Trinajstić information content (AvgIpc) is 2.40. The van der Waals surface area contributed by atoms with Gasteiger partial charge in [0, 0.05) is 16.9 Å². The molecule has 0 aliphatic heterocycles. The third kappa shape index (κ3) is 3.58. The fraction of sp³-hybridized carbons (Fsp3) is 0.533. The maximum absolute atomic E-state index is 12.1. The van der Waals surface area contributed by atoms with Gasteiger partial charge in [-0.05, 0) is 50.7 Å². The van der Waals surface area contributed by atoms with Crippen LogP contribution in [0.3, 0.4) is 0 Å². The Balaban J connectivity index is 1.86.